The van der Waals surface area contributed by atoms with Gasteiger partial charge in [-0.1, -0.05) is 29.8 Å². The zero-order valence-electron chi connectivity index (χ0n) is 14.0. The minimum atomic E-state index is -0.193. The summed E-state index contributed by atoms with van der Waals surface area (Å²) in [6, 6.07) is 13.2. The molecule has 0 saturated heterocycles. The van der Waals surface area contributed by atoms with E-state index in [9.17, 15) is 4.79 Å². The molecule has 130 valence electrons. The maximum absolute atomic E-state index is 12.9. The number of thiophene rings is 1. The monoisotopic (exact) mass is 399 g/mol. The lowest BCUT2D eigenvalue weighted by Crippen LogP contribution is -2.13. The molecule has 0 aliphatic carbocycles. The van der Waals surface area contributed by atoms with Crippen LogP contribution in [0.3, 0.4) is 0 Å². The lowest BCUT2D eigenvalue weighted by atomic mass is 10.1. The van der Waals surface area contributed by atoms with Crippen LogP contribution in [0.15, 0.2) is 42.5 Å². The number of rotatable bonds is 3. The molecule has 1 amide bonds. The van der Waals surface area contributed by atoms with Crippen LogP contribution in [-0.4, -0.2) is 15.9 Å². The summed E-state index contributed by atoms with van der Waals surface area (Å²) in [7, 11) is 0. The molecule has 3 aromatic heterocycles. The van der Waals surface area contributed by atoms with E-state index in [1.165, 1.54) is 22.7 Å². The molecule has 0 fully saturated rings. The molecule has 0 bridgehead atoms. The molecule has 0 aliphatic heterocycles. The van der Waals surface area contributed by atoms with Gasteiger partial charge in [0.05, 0.1) is 31.7 Å². The Kier molecular flexibility index (Phi) is 4.48. The smallest absolute Gasteiger partial charge is 0.258 e. The van der Waals surface area contributed by atoms with E-state index in [1.807, 2.05) is 56.3 Å². The number of hydrogen-bond acceptors (Lipinski definition) is 5. The van der Waals surface area contributed by atoms with Crippen molar-refractivity contribution in [3.8, 4) is 10.6 Å². The Morgan fingerprint density at radius 1 is 1.08 bits per heavy atom. The number of amides is 1. The molecule has 0 radical (unpaired) electrons. The molecule has 3 heterocycles. The van der Waals surface area contributed by atoms with E-state index in [2.05, 4.69) is 15.3 Å². The van der Waals surface area contributed by atoms with Gasteiger partial charge in [0.15, 0.2) is 5.13 Å². The normalized spacial score (nSPS) is 11.0. The number of nitrogens with one attached hydrogen (secondary N) is 1. The third kappa shape index (κ3) is 3.23. The second kappa shape index (κ2) is 6.79. The summed E-state index contributed by atoms with van der Waals surface area (Å²) in [6.07, 6.45) is 0. The van der Waals surface area contributed by atoms with Gasteiger partial charge < -0.3 is 0 Å². The summed E-state index contributed by atoms with van der Waals surface area (Å²) < 4.78 is 0.690. The van der Waals surface area contributed by atoms with E-state index in [0.717, 1.165) is 32.0 Å². The Labute approximate surface area is 163 Å². The largest absolute Gasteiger partial charge is 0.298 e. The van der Waals surface area contributed by atoms with Crippen molar-refractivity contribution < 1.29 is 4.79 Å². The number of benzene rings is 1. The van der Waals surface area contributed by atoms with Gasteiger partial charge in [-0.2, -0.15) is 0 Å². The molecule has 1 aromatic carbocycles. The number of aryl methyl sites for hydroxylation is 2. The summed E-state index contributed by atoms with van der Waals surface area (Å²) in [6.45, 7) is 3.92. The van der Waals surface area contributed by atoms with Crippen LogP contribution in [0.25, 0.3) is 21.5 Å². The van der Waals surface area contributed by atoms with Crippen molar-refractivity contribution in [1.29, 1.82) is 0 Å². The average Bonchev–Trinajstić information content (AvgIpc) is 3.19. The zero-order valence-corrected chi connectivity index (χ0v) is 16.4. The summed E-state index contributed by atoms with van der Waals surface area (Å²) in [5, 5.41) is 4.32. The molecular formula is C19H14ClN3OS2. The Morgan fingerprint density at radius 3 is 2.58 bits per heavy atom. The van der Waals surface area contributed by atoms with E-state index < -0.39 is 0 Å². The molecule has 4 nitrogen and oxygen atoms in total. The van der Waals surface area contributed by atoms with Crippen molar-refractivity contribution in [3.05, 3.63) is 62.9 Å². The maximum Gasteiger partial charge on any atom is 0.258 e. The molecule has 0 saturated carbocycles. The Bertz CT molecular complexity index is 1110. The standard InChI is InChI=1S/C19H14ClN3OS2/c1-10-11(2)25-19(21-10)23-18(24)13-9-15(16-7-8-17(20)26-16)22-14-6-4-3-5-12(13)14/h3-9H,1-2H3,(H,21,23,24). The Morgan fingerprint density at radius 2 is 1.88 bits per heavy atom. The fourth-order valence-corrected chi connectivity index (χ4v) is 4.45. The third-order valence-corrected chi connectivity index (χ3v) is 6.28. The van der Waals surface area contributed by atoms with Crippen LogP contribution < -0.4 is 5.32 Å². The van der Waals surface area contributed by atoms with E-state index in [-0.39, 0.29) is 5.91 Å². The van der Waals surface area contributed by atoms with E-state index in [4.69, 9.17) is 11.6 Å². The number of carbonyl (C=O) groups is 1. The molecule has 4 rings (SSSR count). The number of aromatic nitrogens is 2. The highest BCUT2D eigenvalue weighted by molar-refractivity contribution is 7.19. The molecule has 26 heavy (non-hydrogen) atoms. The number of carbonyl (C=O) groups excluding carboxylic acids is 1. The lowest BCUT2D eigenvalue weighted by Gasteiger charge is -2.08. The number of anilines is 1. The first-order chi connectivity index (χ1) is 12.5. The molecule has 0 unspecified atom stereocenters. The second-order valence-corrected chi connectivity index (χ2v) is 8.71. The van der Waals surface area contributed by atoms with Crippen LogP contribution in [0.5, 0.6) is 0 Å². The highest BCUT2D eigenvalue weighted by Crippen LogP contribution is 2.32. The number of pyridine rings is 1. The van der Waals surface area contributed by atoms with E-state index in [1.54, 1.807) is 0 Å². The van der Waals surface area contributed by atoms with Crippen LogP contribution in [0.4, 0.5) is 5.13 Å². The molecule has 0 aliphatic rings. The van der Waals surface area contributed by atoms with Crippen LogP contribution in [0, 0.1) is 13.8 Å². The van der Waals surface area contributed by atoms with Gasteiger partial charge in [0, 0.05) is 10.3 Å². The van der Waals surface area contributed by atoms with Crippen molar-refractivity contribution in [2.24, 2.45) is 0 Å². The molecule has 0 spiro atoms. The zero-order chi connectivity index (χ0) is 18.3. The van der Waals surface area contributed by atoms with Crippen LogP contribution in [-0.2, 0) is 0 Å². The topological polar surface area (TPSA) is 54.9 Å². The average molecular weight is 400 g/mol. The first kappa shape index (κ1) is 17.1. The van der Waals surface area contributed by atoms with Gasteiger partial charge in [-0.3, -0.25) is 10.1 Å². The second-order valence-electron chi connectivity index (χ2n) is 5.79. The minimum absolute atomic E-state index is 0.193. The summed E-state index contributed by atoms with van der Waals surface area (Å²) in [4.78, 5) is 24.0. The fraction of sp³-hybridized carbons (Fsp3) is 0.105. The lowest BCUT2D eigenvalue weighted by molar-refractivity contribution is 0.102. The number of thiazole rings is 1. The van der Waals surface area contributed by atoms with Crippen molar-refractivity contribution in [3.63, 3.8) is 0 Å². The van der Waals surface area contributed by atoms with Crippen molar-refractivity contribution in [1.82, 2.24) is 9.97 Å². The Hall–Kier alpha value is -2.28. The summed E-state index contributed by atoms with van der Waals surface area (Å²) >= 11 is 8.97. The van der Waals surface area contributed by atoms with Crippen molar-refractivity contribution in [2.45, 2.75) is 13.8 Å². The number of halogens is 1. The highest BCUT2D eigenvalue weighted by atomic mass is 35.5. The molecule has 4 aromatic rings. The van der Waals surface area contributed by atoms with Crippen molar-refractivity contribution in [2.75, 3.05) is 5.32 Å². The van der Waals surface area contributed by atoms with E-state index in [0.29, 0.717) is 15.0 Å². The maximum atomic E-state index is 12.9. The van der Waals surface area contributed by atoms with Gasteiger partial charge in [-0.05, 0) is 38.1 Å². The van der Waals surface area contributed by atoms with Gasteiger partial charge in [0.25, 0.3) is 5.91 Å². The molecule has 7 heteroatoms. The van der Waals surface area contributed by atoms with Gasteiger partial charge in [-0.25, -0.2) is 9.97 Å². The summed E-state index contributed by atoms with van der Waals surface area (Å²) in [5.74, 6) is -0.193. The van der Waals surface area contributed by atoms with E-state index >= 15 is 0 Å². The van der Waals surface area contributed by atoms with Crippen LogP contribution in [0.2, 0.25) is 4.34 Å². The molecular weight excluding hydrogens is 386 g/mol. The first-order valence-corrected chi connectivity index (χ1v) is 9.93. The third-order valence-electron chi connectivity index (χ3n) is 4.04. The number of nitrogens with zero attached hydrogens (tertiary/aromatic N) is 2. The fourth-order valence-electron chi connectivity index (χ4n) is 2.63. The molecule has 0 atom stereocenters. The number of hydrogen-bond donors (Lipinski definition) is 1. The van der Waals surface area contributed by atoms with Crippen LogP contribution >= 0.6 is 34.3 Å². The summed E-state index contributed by atoms with van der Waals surface area (Å²) in [5.41, 5.74) is 3.00. The van der Waals surface area contributed by atoms with Crippen LogP contribution in [0.1, 0.15) is 20.9 Å². The number of fused-ring (bicyclic) bond motifs is 1. The van der Waals surface area contributed by atoms with Gasteiger partial charge in [-0.15, -0.1) is 22.7 Å². The van der Waals surface area contributed by atoms with Gasteiger partial charge >= 0.3 is 0 Å². The minimum Gasteiger partial charge on any atom is -0.298 e. The first-order valence-electron chi connectivity index (χ1n) is 7.92. The highest BCUT2D eigenvalue weighted by Gasteiger charge is 2.16. The predicted octanol–water partition coefficient (Wildman–Crippen LogP) is 5.94. The quantitative estimate of drug-likeness (QED) is 0.463. The predicted molar refractivity (Wildman–Crippen MR) is 110 cm³/mol. The van der Waals surface area contributed by atoms with Gasteiger partial charge in [0.1, 0.15) is 0 Å². The van der Waals surface area contributed by atoms with Gasteiger partial charge in [0.2, 0.25) is 0 Å². The van der Waals surface area contributed by atoms with Crippen molar-refractivity contribution >= 4 is 56.2 Å². The Balaban J connectivity index is 1.80. The molecule has 1 N–H and O–H groups in total. The number of para-hydroxylation sites is 1. The SMILES string of the molecule is Cc1nc(NC(=O)c2cc(-c3ccc(Cl)s3)nc3ccccc23)sc1C.